The zero-order chi connectivity index (χ0) is 97.1. The zero-order valence-electron chi connectivity index (χ0n) is 79.6. The van der Waals surface area contributed by atoms with Crippen LogP contribution in [0.4, 0.5) is 51.2 Å². The zero-order valence-corrected chi connectivity index (χ0v) is 79.6. The lowest BCUT2D eigenvalue weighted by Gasteiger charge is -2.30. The summed E-state index contributed by atoms with van der Waals surface area (Å²) in [6.45, 7) is 0. The SMILES string of the molecule is c1ccc(-c2ccc(N(c3ccc4oc5ccccc5c4c3)c3cc4oc5ccccc5c4c4c3ccc3ccccc34)cc2)cc1.c1ccc(-c2ccccc2-c2ccccc2N(c2ccc3oc4ccccc4c3c2)c2cc3oc4ccccc4c3c3c2ccc2ccccc23)cc1.c1ccc2c(c1)ccc1c(N(c3ccc4c(c3)oc3ccccc34)c3ccc4oc5ccccc5c4c3)cc3oc4ccccc4c3c12. The molecule has 148 heavy (non-hydrogen) atoms. The van der Waals surface area contributed by atoms with Crippen molar-refractivity contribution in [2.45, 2.75) is 0 Å². The lowest BCUT2D eigenvalue weighted by atomic mass is 9.92. The normalized spacial score (nSPS) is 11.9. The first-order chi connectivity index (χ1) is 73.4. The van der Waals surface area contributed by atoms with Crippen molar-refractivity contribution in [2.24, 2.45) is 0 Å². The van der Waals surface area contributed by atoms with E-state index in [2.05, 4.69) is 451 Å². The van der Waals surface area contributed by atoms with E-state index in [1.807, 2.05) is 66.7 Å². The van der Waals surface area contributed by atoms with Gasteiger partial charge < -0.3 is 45.6 Å². The Morgan fingerprint density at radius 3 is 0.804 bits per heavy atom. The summed E-state index contributed by atoms with van der Waals surface area (Å²) in [5.41, 5.74) is 28.5. The van der Waals surface area contributed by atoms with Crippen molar-refractivity contribution in [2.75, 3.05) is 14.7 Å². The first-order valence-corrected chi connectivity index (χ1v) is 50.1. The van der Waals surface area contributed by atoms with Gasteiger partial charge in [-0.2, -0.15) is 0 Å². The molecule has 0 aliphatic heterocycles. The highest BCUT2D eigenvalue weighted by Gasteiger charge is 2.30. The number of para-hydroxylation sites is 8. The van der Waals surface area contributed by atoms with Gasteiger partial charge in [0.15, 0.2) is 0 Å². The van der Waals surface area contributed by atoms with Crippen molar-refractivity contribution in [3.05, 3.63) is 504 Å². The molecule has 0 N–H and O–H groups in total. The average molecular weight is 1900 g/mol. The van der Waals surface area contributed by atoms with Crippen LogP contribution in [0, 0.1) is 0 Å². The largest absolute Gasteiger partial charge is 0.456 e. The maximum absolute atomic E-state index is 6.74. The Bertz CT molecular complexity index is 11000. The second kappa shape index (κ2) is 33.9. The first-order valence-electron chi connectivity index (χ1n) is 50.1. The summed E-state index contributed by atoms with van der Waals surface area (Å²) in [5, 5.41) is 29.7. The Hall–Kier alpha value is -19.9. The number of anilines is 9. The molecule has 25 aromatic carbocycles. The molecule has 0 atom stereocenters. The van der Waals surface area contributed by atoms with Crippen molar-refractivity contribution in [1.29, 1.82) is 0 Å². The molecule has 7 aromatic heterocycles. The van der Waals surface area contributed by atoms with Crippen LogP contribution in [0.3, 0.4) is 0 Å². The van der Waals surface area contributed by atoms with Crippen molar-refractivity contribution in [3.63, 3.8) is 0 Å². The standard InChI is InChI=1S/C50H31NO2.C44H25NO3.C44H27NO2/c1-2-14-32(15-3-1)35-17-6-7-19-37(35)38-20-8-11-23-43(38)51(34-27-29-47-42(30-34)39-21-9-12-24-45(39)52-47)44-31-48-50(41-22-10-13-25-46(41)53-48)49-36-18-5-4-16-33(36)26-28-40(44)49;1-2-10-29-26(9-1)17-20-33-36(25-42-44(43(29)33)34-13-5-8-16-39(34)48-42)45(27-19-22-40-35(23-27)31-12-4-7-15-38(31)46-40)28-18-21-32-30-11-3-6-14-37(30)47-41(32)24-28;1-2-10-28(11-3-1)29-18-21-31(22-19-29)45(32-23-25-41-37(26-32)34-14-6-8-16-39(34)46-41)38-27-42-44(36-15-7-9-17-40(36)47-42)43-33-13-5-4-12-30(33)20-24-35(38)43/h1-31H;1-25H;1-27H. The van der Waals surface area contributed by atoms with E-state index in [-0.39, 0.29) is 0 Å². The molecule has 0 bridgehead atoms. The van der Waals surface area contributed by atoms with E-state index in [0.717, 1.165) is 232 Å². The third-order valence-corrected chi connectivity index (χ3v) is 29.9. The van der Waals surface area contributed by atoms with Gasteiger partial charge in [0.2, 0.25) is 0 Å². The lowest BCUT2D eigenvalue weighted by Crippen LogP contribution is -2.12. The molecule has 0 saturated carbocycles. The van der Waals surface area contributed by atoms with Crippen LogP contribution in [0.5, 0.6) is 0 Å². The molecule has 0 saturated heterocycles. The monoisotopic (exact) mass is 1890 g/mol. The molecule has 0 unspecified atom stereocenters. The summed E-state index contributed by atoms with van der Waals surface area (Å²) in [6.07, 6.45) is 0. The van der Waals surface area contributed by atoms with Crippen LogP contribution in [-0.2, 0) is 0 Å². The first kappa shape index (κ1) is 83.8. The predicted octanol–water partition coefficient (Wildman–Crippen LogP) is 40.7. The van der Waals surface area contributed by atoms with Gasteiger partial charge in [0.25, 0.3) is 0 Å². The van der Waals surface area contributed by atoms with E-state index in [1.165, 1.54) is 70.7 Å². The Labute approximate surface area is 846 Å². The van der Waals surface area contributed by atoms with Crippen molar-refractivity contribution >= 4 is 269 Å². The van der Waals surface area contributed by atoms with Gasteiger partial charge in [-0.25, -0.2) is 0 Å². The van der Waals surface area contributed by atoms with Gasteiger partial charge in [0, 0.05) is 166 Å². The smallest absolute Gasteiger partial charge is 0.138 e. The van der Waals surface area contributed by atoms with Gasteiger partial charge in [0.05, 0.1) is 22.7 Å². The molecule has 0 aliphatic carbocycles. The molecule has 10 heteroatoms. The number of hydrogen-bond donors (Lipinski definition) is 0. The predicted molar refractivity (Wildman–Crippen MR) is 616 cm³/mol. The number of furan rings is 7. The average Bonchev–Trinajstić information content (AvgIpc) is 1.50. The van der Waals surface area contributed by atoms with Gasteiger partial charge in [-0.3, -0.25) is 0 Å². The highest BCUT2D eigenvalue weighted by molar-refractivity contribution is 6.34. The molecule has 0 aliphatic rings. The highest BCUT2D eigenvalue weighted by Crippen LogP contribution is 2.55. The van der Waals surface area contributed by atoms with E-state index in [4.69, 9.17) is 30.9 Å². The third kappa shape index (κ3) is 13.6. The minimum Gasteiger partial charge on any atom is -0.456 e. The highest BCUT2D eigenvalue weighted by atomic mass is 16.4. The Morgan fingerprint density at radius 1 is 0.115 bits per heavy atom. The summed E-state index contributed by atoms with van der Waals surface area (Å²) in [6, 6.07) is 178. The topological polar surface area (TPSA) is 102 Å². The molecule has 0 radical (unpaired) electrons. The van der Waals surface area contributed by atoms with Gasteiger partial charge in [0.1, 0.15) is 78.2 Å². The van der Waals surface area contributed by atoms with Gasteiger partial charge in [-0.1, -0.05) is 352 Å². The quantitative estimate of drug-likeness (QED) is 0.110. The van der Waals surface area contributed by atoms with Gasteiger partial charge in [-0.05, 0) is 188 Å². The molecule has 32 rings (SSSR count). The Morgan fingerprint density at radius 2 is 0.378 bits per heavy atom. The molecular formula is C138H83N3O7. The molecular weight excluding hydrogens is 1810 g/mol. The minimum absolute atomic E-state index is 0.841. The van der Waals surface area contributed by atoms with E-state index in [9.17, 15) is 0 Å². The van der Waals surface area contributed by atoms with E-state index in [1.54, 1.807) is 0 Å². The number of fused-ring (bicyclic) bond motifs is 33. The molecule has 10 nitrogen and oxygen atoms in total. The summed E-state index contributed by atoms with van der Waals surface area (Å²) in [7, 11) is 0. The van der Waals surface area contributed by atoms with E-state index >= 15 is 0 Å². The maximum atomic E-state index is 6.74. The fourth-order valence-corrected chi connectivity index (χ4v) is 23.3. The van der Waals surface area contributed by atoms with Crippen molar-refractivity contribution in [3.8, 4) is 33.4 Å². The second-order valence-electron chi connectivity index (χ2n) is 38.2. The van der Waals surface area contributed by atoms with Crippen LogP contribution in [-0.4, -0.2) is 0 Å². The molecule has 7 heterocycles. The fraction of sp³-hybridized carbons (Fsp3) is 0. The second-order valence-corrected chi connectivity index (χ2v) is 38.2. The van der Waals surface area contributed by atoms with Crippen LogP contribution in [0.1, 0.15) is 0 Å². The fourth-order valence-electron chi connectivity index (χ4n) is 23.3. The van der Waals surface area contributed by atoms with Crippen LogP contribution >= 0.6 is 0 Å². The van der Waals surface area contributed by atoms with E-state index < -0.39 is 0 Å². The number of benzene rings is 25. The van der Waals surface area contributed by atoms with Crippen LogP contribution in [0.15, 0.2) is 534 Å². The summed E-state index contributed by atoms with van der Waals surface area (Å²) >= 11 is 0. The van der Waals surface area contributed by atoms with Crippen LogP contribution in [0.25, 0.3) is 252 Å². The molecule has 0 amide bonds. The molecule has 32 aromatic rings. The van der Waals surface area contributed by atoms with Crippen LogP contribution in [0.2, 0.25) is 0 Å². The van der Waals surface area contributed by atoms with Crippen LogP contribution < -0.4 is 14.7 Å². The summed E-state index contributed by atoms with van der Waals surface area (Å²) < 4.78 is 45.2. The molecule has 0 spiro atoms. The van der Waals surface area contributed by atoms with Gasteiger partial charge in [-0.15, -0.1) is 0 Å². The number of nitrogens with zero attached hydrogens (tertiary/aromatic N) is 3. The van der Waals surface area contributed by atoms with Crippen molar-refractivity contribution in [1.82, 2.24) is 0 Å². The Kier molecular flexibility index (Phi) is 19.2. The van der Waals surface area contributed by atoms with Gasteiger partial charge >= 0.3 is 0 Å². The van der Waals surface area contributed by atoms with Crippen molar-refractivity contribution < 1.29 is 30.9 Å². The lowest BCUT2D eigenvalue weighted by molar-refractivity contribution is 0.668. The number of hydrogen-bond acceptors (Lipinski definition) is 10. The Balaban J connectivity index is 0.000000103. The third-order valence-electron chi connectivity index (χ3n) is 29.9. The summed E-state index contributed by atoms with van der Waals surface area (Å²) in [5.74, 6) is 0. The maximum Gasteiger partial charge on any atom is 0.138 e. The number of rotatable bonds is 12. The minimum atomic E-state index is 0.841. The molecule has 0 fully saturated rings. The summed E-state index contributed by atoms with van der Waals surface area (Å²) in [4.78, 5) is 7.11. The molecule has 692 valence electrons. The van der Waals surface area contributed by atoms with E-state index in [0.29, 0.717) is 0 Å².